The Hall–Kier alpha value is -2.55. The molecule has 0 unspecified atom stereocenters. The third-order valence-corrected chi connectivity index (χ3v) is 3.87. The molecule has 0 aromatic heterocycles. The summed E-state index contributed by atoms with van der Waals surface area (Å²) in [7, 11) is 0. The van der Waals surface area contributed by atoms with Crippen molar-refractivity contribution in [2.24, 2.45) is 5.92 Å². The second-order valence-electron chi connectivity index (χ2n) is 6.16. The van der Waals surface area contributed by atoms with E-state index < -0.39 is 0 Å². The van der Waals surface area contributed by atoms with E-state index in [1.165, 1.54) is 0 Å². The van der Waals surface area contributed by atoms with Gasteiger partial charge in [-0.1, -0.05) is 44.2 Å². The van der Waals surface area contributed by atoms with E-state index in [9.17, 15) is 4.79 Å². The van der Waals surface area contributed by atoms with Gasteiger partial charge in [-0.05, 0) is 42.2 Å². The van der Waals surface area contributed by atoms with Gasteiger partial charge >= 0.3 is 0 Å². The lowest BCUT2D eigenvalue weighted by molar-refractivity contribution is -0.110. The van der Waals surface area contributed by atoms with Crippen LogP contribution in [-0.2, 0) is 4.79 Å². The smallest absolute Gasteiger partial charge is 0.256 e. The van der Waals surface area contributed by atoms with Crippen LogP contribution in [0.4, 0.5) is 5.69 Å². The van der Waals surface area contributed by atoms with E-state index in [0.717, 1.165) is 35.6 Å². The van der Waals surface area contributed by atoms with E-state index in [-0.39, 0.29) is 5.91 Å². The number of benzene rings is 2. The molecule has 1 N–H and O–H groups in total. The minimum absolute atomic E-state index is 0.0524. The van der Waals surface area contributed by atoms with Gasteiger partial charge in [-0.3, -0.25) is 4.79 Å². The third-order valence-electron chi connectivity index (χ3n) is 3.87. The highest BCUT2D eigenvalue weighted by atomic mass is 16.5. The summed E-state index contributed by atoms with van der Waals surface area (Å²) in [6.07, 6.45) is 2.96. The first-order valence-corrected chi connectivity index (χ1v) is 7.99. The number of hydrogen-bond donors (Lipinski definition) is 1. The molecule has 0 spiro atoms. The van der Waals surface area contributed by atoms with Crippen molar-refractivity contribution in [1.82, 2.24) is 0 Å². The first-order valence-electron chi connectivity index (χ1n) is 7.99. The van der Waals surface area contributed by atoms with Crippen molar-refractivity contribution < 1.29 is 9.53 Å². The molecule has 1 amide bonds. The van der Waals surface area contributed by atoms with Crippen LogP contribution in [0.25, 0.3) is 11.6 Å². The highest BCUT2D eigenvalue weighted by molar-refractivity contribution is 6.34. The molecule has 0 fully saturated rings. The lowest BCUT2D eigenvalue weighted by atomic mass is 10.0. The summed E-state index contributed by atoms with van der Waals surface area (Å²) in [6, 6.07) is 15.6. The Kier molecular flexibility index (Phi) is 4.47. The van der Waals surface area contributed by atoms with Crippen LogP contribution >= 0.6 is 0 Å². The molecule has 2 aromatic rings. The molecule has 0 saturated carbocycles. The molecule has 0 radical (unpaired) electrons. The number of nitrogens with one attached hydrogen (secondary N) is 1. The molecule has 1 aliphatic rings. The van der Waals surface area contributed by atoms with Gasteiger partial charge < -0.3 is 10.1 Å². The average Bonchev–Trinajstić information content (AvgIpc) is 2.85. The Morgan fingerprint density at radius 1 is 1.09 bits per heavy atom. The minimum Gasteiger partial charge on any atom is -0.494 e. The molecule has 0 atom stereocenters. The Bertz CT molecular complexity index is 730. The quantitative estimate of drug-likeness (QED) is 0.820. The summed E-state index contributed by atoms with van der Waals surface area (Å²) in [6.45, 7) is 5.10. The molecule has 3 nitrogen and oxygen atoms in total. The molecule has 0 saturated heterocycles. The van der Waals surface area contributed by atoms with Crippen molar-refractivity contribution in [3.63, 3.8) is 0 Å². The molecule has 23 heavy (non-hydrogen) atoms. The van der Waals surface area contributed by atoms with Crippen LogP contribution < -0.4 is 10.1 Å². The summed E-state index contributed by atoms with van der Waals surface area (Å²) >= 11 is 0. The molecular formula is C20H21NO2. The summed E-state index contributed by atoms with van der Waals surface area (Å²) in [5.74, 6) is 1.45. The summed E-state index contributed by atoms with van der Waals surface area (Å²) in [5.41, 5.74) is 3.52. The summed E-state index contributed by atoms with van der Waals surface area (Å²) < 4.78 is 5.72. The summed E-state index contributed by atoms with van der Waals surface area (Å²) in [4.78, 5) is 12.1. The first kappa shape index (κ1) is 15.3. The van der Waals surface area contributed by atoms with Gasteiger partial charge in [0.2, 0.25) is 0 Å². The van der Waals surface area contributed by atoms with E-state index in [2.05, 4.69) is 19.2 Å². The Labute approximate surface area is 137 Å². The van der Waals surface area contributed by atoms with Gasteiger partial charge in [-0.15, -0.1) is 0 Å². The standard InChI is InChI=1S/C20H21NO2/c1-14(2)11-12-23-16-9-7-15(8-10-16)13-18-17-5-3-4-6-19(17)21-20(18)22/h3-10,13-14H,11-12H2,1-2H3,(H,21,22)/b18-13+. The molecule has 3 heteroatoms. The van der Waals surface area contributed by atoms with Gasteiger partial charge in [0.1, 0.15) is 5.75 Å². The topological polar surface area (TPSA) is 38.3 Å². The molecule has 3 rings (SSSR count). The lowest BCUT2D eigenvalue weighted by Gasteiger charge is -2.08. The molecule has 2 aromatic carbocycles. The Balaban J connectivity index is 1.74. The number of hydrogen-bond acceptors (Lipinski definition) is 2. The number of anilines is 1. The third kappa shape index (κ3) is 3.62. The van der Waals surface area contributed by atoms with Crippen LogP contribution in [0.15, 0.2) is 48.5 Å². The fourth-order valence-corrected chi connectivity index (χ4v) is 2.52. The van der Waals surface area contributed by atoms with Crippen LogP contribution in [0.5, 0.6) is 5.75 Å². The van der Waals surface area contributed by atoms with Gasteiger partial charge in [-0.25, -0.2) is 0 Å². The maximum absolute atomic E-state index is 12.1. The van der Waals surface area contributed by atoms with E-state index >= 15 is 0 Å². The SMILES string of the molecule is CC(C)CCOc1ccc(/C=C2/C(=O)Nc3ccccc32)cc1. The minimum atomic E-state index is -0.0524. The monoisotopic (exact) mass is 307 g/mol. The van der Waals surface area contributed by atoms with Crippen LogP contribution in [0.2, 0.25) is 0 Å². The number of carbonyl (C=O) groups excluding carboxylic acids is 1. The van der Waals surface area contributed by atoms with Crippen molar-refractivity contribution in [2.75, 3.05) is 11.9 Å². The van der Waals surface area contributed by atoms with Crippen LogP contribution in [0, 0.1) is 5.92 Å². The second kappa shape index (κ2) is 6.69. The molecular weight excluding hydrogens is 286 g/mol. The fraction of sp³-hybridized carbons (Fsp3) is 0.250. The lowest BCUT2D eigenvalue weighted by Crippen LogP contribution is -2.03. The van der Waals surface area contributed by atoms with E-state index in [0.29, 0.717) is 11.5 Å². The number of rotatable bonds is 5. The van der Waals surface area contributed by atoms with Crippen molar-refractivity contribution in [3.05, 3.63) is 59.7 Å². The fourth-order valence-electron chi connectivity index (χ4n) is 2.52. The molecule has 0 aliphatic carbocycles. The Morgan fingerprint density at radius 2 is 1.83 bits per heavy atom. The Morgan fingerprint density at radius 3 is 2.57 bits per heavy atom. The number of fused-ring (bicyclic) bond motifs is 1. The zero-order chi connectivity index (χ0) is 16.2. The zero-order valence-corrected chi connectivity index (χ0v) is 13.5. The summed E-state index contributed by atoms with van der Waals surface area (Å²) in [5, 5.41) is 2.89. The van der Waals surface area contributed by atoms with Crippen molar-refractivity contribution in [2.45, 2.75) is 20.3 Å². The van der Waals surface area contributed by atoms with Crippen molar-refractivity contribution >= 4 is 23.2 Å². The van der Waals surface area contributed by atoms with Crippen molar-refractivity contribution in [3.8, 4) is 5.75 Å². The number of carbonyl (C=O) groups is 1. The van der Waals surface area contributed by atoms with Crippen LogP contribution in [0.1, 0.15) is 31.4 Å². The van der Waals surface area contributed by atoms with Gasteiger partial charge in [0.15, 0.2) is 0 Å². The molecule has 1 heterocycles. The van der Waals surface area contributed by atoms with E-state index in [1.54, 1.807) is 0 Å². The number of amides is 1. The van der Waals surface area contributed by atoms with Crippen LogP contribution in [-0.4, -0.2) is 12.5 Å². The van der Waals surface area contributed by atoms with Crippen LogP contribution in [0.3, 0.4) is 0 Å². The maximum atomic E-state index is 12.1. The highest BCUT2D eigenvalue weighted by Crippen LogP contribution is 2.32. The maximum Gasteiger partial charge on any atom is 0.256 e. The molecule has 0 bridgehead atoms. The predicted octanol–water partition coefficient (Wildman–Crippen LogP) is 4.60. The molecule has 1 aliphatic heterocycles. The highest BCUT2D eigenvalue weighted by Gasteiger charge is 2.23. The van der Waals surface area contributed by atoms with Gasteiger partial charge in [0, 0.05) is 16.8 Å². The number of ether oxygens (including phenoxy) is 1. The predicted molar refractivity (Wildman–Crippen MR) is 94.3 cm³/mol. The van der Waals surface area contributed by atoms with Gasteiger partial charge in [0.25, 0.3) is 5.91 Å². The normalized spacial score (nSPS) is 14.9. The zero-order valence-electron chi connectivity index (χ0n) is 13.5. The largest absolute Gasteiger partial charge is 0.494 e. The first-order chi connectivity index (χ1) is 11.1. The van der Waals surface area contributed by atoms with E-state index in [4.69, 9.17) is 4.74 Å². The molecule has 118 valence electrons. The average molecular weight is 307 g/mol. The van der Waals surface area contributed by atoms with Gasteiger partial charge in [-0.2, -0.15) is 0 Å². The van der Waals surface area contributed by atoms with Crippen molar-refractivity contribution in [1.29, 1.82) is 0 Å². The number of para-hydroxylation sites is 1. The van der Waals surface area contributed by atoms with E-state index in [1.807, 2.05) is 54.6 Å². The van der Waals surface area contributed by atoms with Gasteiger partial charge in [0.05, 0.1) is 6.61 Å². The second-order valence-corrected chi connectivity index (χ2v) is 6.16.